The van der Waals surface area contributed by atoms with E-state index in [9.17, 15) is 0 Å². The van der Waals surface area contributed by atoms with Crippen LogP contribution in [0.3, 0.4) is 0 Å². The van der Waals surface area contributed by atoms with Crippen molar-refractivity contribution >= 4 is 16.9 Å². The maximum atomic E-state index is 4.26. The molecule has 0 spiro atoms. The van der Waals surface area contributed by atoms with Crippen molar-refractivity contribution in [3.05, 3.63) is 36.5 Å². The number of guanidine groups is 1. The van der Waals surface area contributed by atoms with E-state index in [0.717, 1.165) is 45.0 Å². The standard InChI is InChI=1S/C18H29N5/c1-19-18(20-11-6-13-22(2)3)21-12-7-14-23-15-10-16-8-4-5-9-17(16)23/h4-5,8-10,15H,6-7,11-14H2,1-3H3,(H2,19,20,21). The number of fused-ring (bicyclic) bond motifs is 1. The molecule has 0 fully saturated rings. The number of aryl methyl sites for hydroxylation is 1. The van der Waals surface area contributed by atoms with Gasteiger partial charge in [-0.3, -0.25) is 4.99 Å². The molecular formula is C18H29N5. The fourth-order valence-corrected chi connectivity index (χ4v) is 2.61. The predicted octanol–water partition coefficient (Wildman–Crippen LogP) is 2.15. The molecule has 1 heterocycles. The summed E-state index contributed by atoms with van der Waals surface area (Å²) in [5.41, 5.74) is 1.30. The fourth-order valence-electron chi connectivity index (χ4n) is 2.61. The van der Waals surface area contributed by atoms with Gasteiger partial charge >= 0.3 is 0 Å². The van der Waals surface area contributed by atoms with Gasteiger partial charge in [-0.1, -0.05) is 18.2 Å². The Bertz CT molecular complexity index is 615. The van der Waals surface area contributed by atoms with Gasteiger partial charge in [-0.05, 0) is 51.0 Å². The molecule has 5 nitrogen and oxygen atoms in total. The first-order valence-corrected chi connectivity index (χ1v) is 8.34. The van der Waals surface area contributed by atoms with Crippen molar-refractivity contribution in [2.45, 2.75) is 19.4 Å². The summed E-state index contributed by atoms with van der Waals surface area (Å²) in [5, 5.41) is 8.04. The van der Waals surface area contributed by atoms with Crippen LogP contribution >= 0.6 is 0 Å². The summed E-state index contributed by atoms with van der Waals surface area (Å²) in [5.74, 6) is 0.890. The maximum Gasteiger partial charge on any atom is 0.190 e. The molecule has 126 valence electrons. The Hall–Kier alpha value is -2.01. The molecule has 0 aliphatic rings. The Morgan fingerprint density at radius 3 is 2.57 bits per heavy atom. The van der Waals surface area contributed by atoms with E-state index in [1.54, 1.807) is 0 Å². The van der Waals surface area contributed by atoms with Crippen LogP contribution in [0.5, 0.6) is 0 Å². The van der Waals surface area contributed by atoms with Crippen molar-refractivity contribution in [3.8, 4) is 0 Å². The third-order valence-corrected chi connectivity index (χ3v) is 3.85. The van der Waals surface area contributed by atoms with E-state index in [4.69, 9.17) is 0 Å². The Balaban J connectivity index is 1.67. The van der Waals surface area contributed by atoms with Gasteiger partial charge in [0.1, 0.15) is 0 Å². The molecule has 5 heteroatoms. The van der Waals surface area contributed by atoms with Gasteiger partial charge in [0.2, 0.25) is 0 Å². The summed E-state index contributed by atoms with van der Waals surface area (Å²) in [4.78, 5) is 6.46. The van der Waals surface area contributed by atoms with Crippen LogP contribution in [0.25, 0.3) is 10.9 Å². The monoisotopic (exact) mass is 315 g/mol. The van der Waals surface area contributed by atoms with Crippen molar-refractivity contribution in [2.24, 2.45) is 4.99 Å². The highest BCUT2D eigenvalue weighted by atomic mass is 15.2. The zero-order chi connectivity index (χ0) is 16.5. The number of benzene rings is 1. The summed E-state index contributed by atoms with van der Waals surface area (Å²) in [7, 11) is 6.01. The van der Waals surface area contributed by atoms with Crippen molar-refractivity contribution < 1.29 is 0 Å². The van der Waals surface area contributed by atoms with E-state index >= 15 is 0 Å². The first-order valence-electron chi connectivity index (χ1n) is 8.34. The van der Waals surface area contributed by atoms with Crippen LogP contribution in [0, 0.1) is 0 Å². The van der Waals surface area contributed by atoms with Gasteiger partial charge in [0, 0.05) is 38.4 Å². The second-order valence-electron chi connectivity index (χ2n) is 6.00. The molecule has 0 atom stereocenters. The predicted molar refractivity (Wildman–Crippen MR) is 99.1 cm³/mol. The number of nitrogens with one attached hydrogen (secondary N) is 2. The molecule has 2 aromatic rings. The number of rotatable bonds is 8. The minimum Gasteiger partial charge on any atom is -0.356 e. The third-order valence-electron chi connectivity index (χ3n) is 3.85. The molecule has 2 N–H and O–H groups in total. The van der Waals surface area contributed by atoms with Gasteiger partial charge < -0.3 is 20.1 Å². The lowest BCUT2D eigenvalue weighted by Gasteiger charge is -2.14. The lowest BCUT2D eigenvalue weighted by molar-refractivity contribution is 0.399. The second kappa shape index (κ2) is 9.20. The molecule has 23 heavy (non-hydrogen) atoms. The van der Waals surface area contributed by atoms with Crippen LogP contribution in [-0.2, 0) is 6.54 Å². The molecule has 0 saturated heterocycles. The molecule has 1 aromatic heterocycles. The molecule has 0 bridgehead atoms. The molecule has 2 rings (SSSR count). The van der Waals surface area contributed by atoms with Gasteiger partial charge in [0.25, 0.3) is 0 Å². The molecule has 1 aromatic carbocycles. The molecule has 0 aliphatic carbocycles. The molecule has 0 amide bonds. The van der Waals surface area contributed by atoms with Crippen LogP contribution < -0.4 is 10.6 Å². The van der Waals surface area contributed by atoms with E-state index in [1.807, 2.05) is 7.05 Å². The van der Waals surface area contributed by atoms with Crippen LogP contribution in [-0.4, -0.2) is 56.2 Å². The molecular weight excluding hydrogens is 286 g/mol. The van der Waals surface area contributed by atoms with Crippen molar-refractivity contribution in [1.82, 2.24) is 20.1 Å². The SMILES string of the molecule is CN=C(NCCCN(C)C)NCCCn1ccc2ccccc21. The van der Waals surface area contributed by atoms with Crippen LogP contribution in [0.1, 0.15) is 12.8 Å². The van der Waals surface area contributed by atoms with Crippen LogP contribution in [0.15, 0.2) is 41.5 Å². The summed E-state index contributed by atoms with van der Waals surface area (Å²) in [6, 6.07) is 10.7. The zero-order valence-electron chi connectivity index (χ0n) is 14.5. The second-order valence-corrected chi connectivity index (χ2v) is 6.00. The Morgan fingerprint density at radius 2 is 1.83 bits per heavy atom. The highest BCUT2D eigenvalue weighted by Crippen LogP contribution is 2.15. The van der Waals surface area contributed by atoms with E-state index in [0.29, 0.717) is 0 Å². The van der Waals surface area contributed by atoms with Gasteiger partial charge in [-0.15, -0.1) is 0 Å². The quantitative estimate of drug-likeness (QED) is 0.446. The third kappa shape index (κ3) is 5.60. The number of hydrogen-bond acceptors (Lipinski definition) is 2. The lowest BCUT2D eigenvalue weighted by atomic mass is 10.2. The number of hydrogen-bond donors (Lipinski definition) is 2. The normalized spacial score (nSPS) is 12.1. The molecule has 0 unspecified atom stereocenters. The first-order chi connectivity index (χ1) is 11.2. The average Bonchev–Trinajstić information content (AvgIpc) is 2.96. The van der Waals surface area contributed by atoms with Crippen molar-refractivity contribution in [1.29, 1.82) is 0 Å². The zero-order valence-corrected chi connectivity index (χ0v) is 14.5. The number of para-hydroxylation sites is 1. The van der Waals surface area contributed by atoms with E-state index in [2.05, 4.69) is 75.7 Å². The average molecular weight is 315 g/mol. The fraction of sp³-hybridized carbons (Fsp3) is 0.500. The van der Waals surface area contributed by atoms with Crippen molar-refractivity contribution in [2.75, 3.05) is 40.8 Å². The molecule has 0 radical (unpaired) electrons. The Kier molecular flexibility index (Phi) is 6.94. The highest BCUT2D eigenvalue weighted by Gasteiger charge is 2.00. The van der Waals surface area contributed by atoms with Crippen molar-refractivity contribution in [3.63, 3.8) is 0 Å². The maximum absolute atomic E-state index is 4.26. The molecule has 0 saturated carbocycles. The Labute approximate surface area is 139 Å². The van der Waals surface area contributed by atoms with Gasteiger partial charge in [-0.25, -0.2) is 0 Å². The number of aromatic nitrogens is 1. The summed E-state index contributed by atoms with van der Waals surface area (Å²) < 4.78 is 2.31. The van der Waals surface area contributed by atoms with E-state index in [-0.39, 0.29) is 0 Å². The number of aliphatic imine (C=N–C) groups is 1. The van der Waals surface area contributed by atoms with E-state index < -0.39 is 0 Å². The molecule has 0 aliphatic heterocycles. The summed E-state index contributed by atoms with van der Waals surface area (Å²) in [6.07, 6.45) is 4.35. The summed E-state index contributed by atoms with van der Waals surface area (Å²) >= 11 is 0. The topological polar surface area (TPSA) is 44.6 Å². The van der Waals surface area contributed by atoms with Gasteiger partial charge in [-0.2, -0.15) is 0 Å². The van der Waals surface area contributed by atoms with Gasteiger partial charge in [0.15, 0.2) is 5.96 Å². The lowest BCUT2D eigenvalue weighted by Crippen LogP contribution is -2.39. The van der Waals surface area contributed by atoms with E-state index in [1.165, 1.54) is 10.9 Å². The summed E-state index contributed by atoms with van der Waals surface area (Å²) in [6.45, 7) is 3.96. The minimum absolute atomic E-state index is 0.890. The van der Waals surface area contributed by atoms with Gasteiger partial charge in [0.05, 0.1) is 0 Å². The number of nitrogens with zero attached hydrogens (tertiary/aromatic N) is 3. The van der Waals surface area contributed by atoms with Crippen LogP contribution in [0.4, 0.5) is 0 Å². The first kappa shape index (κ1) is 17.3. The van der Waals surface area contributed by atoms with Crippen LogP contribution in [0.2, 0.25) is 0 Å². The smallest absolute Gasteiger partial charge is 0.190 e. The largest absolute Gasteiger partial charge is 0.356 e. The minimum atomic E-state index is 0.890. The Morgan fingerprint density at radius 1 is 1.09 bits per heavy atom. The highest BCUT2D eigenvalue weighted by molar-refractivity contribution is 5.80.